The van der Waals surface area contributed by atoms with Crippen molar-refractivity contribution in [2.75, 3.05) is 0 Å². The van der Waals surface area contributed by atoms with Crippen molar-refractivity contribution in [2.45, 2.75) is 3.79 Å². The van der Waals surface area contributed by atoms with Crippen molar-refractivity contribution in [3.05, 3.63) is 24.3 Å². The van der Waals surface area contributed by atoms with Crippen LogP contribution >= 0.6 is 34.8 Å². The zero-order chi connectivity index (χ0) is 10.8. The van der Waals surface area contributed by atoms with E-state index in [1.807, 2.05) is 24.3 Å². The Morgan fingerprint density at radius 1 is 1.29 bits per heavy atom. The van der Waals surface area contributed by atoms with Gasteiger partial charge in [0.05, 0.1) is 0 Å². The summed E-state index contributed by atoms with van der Waals surface area (Å²) in [6, 6.07) is 7.86. The van der Waals surface area contributed by atoms with Crippen LogP contribution in [0.1, 0.15) is 0 Å². The van der Waals surface area contributed by atoms with E-state index in [1.54, 1.807) is 0 Å². The molecule has 2 heterocycles. The smallest absolute Gasteiger partial charge is 0.356 e. The molecule has 0 fully saturated rings. The number of alkyl halides is 3. The third-order valence-electron chi connectivity index (χ3n) is 1.28. The summed E-state index contributed by atoms with van der Waals surface area (Å²) < 4.78 is 2.84. The van der Waals surface area contributed by atoms with Crippen molar-refractivity contribution in [3.8, 4) is 11.5 Å². The second-order valence-corrected chi connectivity index (χ2v) is 4.66. The lowest BCUT2D eigenvalue weighted by Gasteiger charge is -2.13. The summed E-state index contributed by atoms with van der Waals surface area (Å²) >= 11 is 14.4. The Bertz CT molecular complexity index is 321. The van der Waals surface area contributed by atoms with Crippen molar-refractivity contribution in [3.63, 3.8) is 0 Å². The molecule has 0 aliphatic carbocycles. The molecule has 0 saturated heterocycles. The molecule has 1 aromatic rings. The number of carbonyl (C=O) groups is 1. The van der Waals surface area contributed by atoms with Gasteiger partial charge in [-0.3, -0.25) is 0 Å². The van der Waals surface area contributed by atoms with Gasteiger partial charge in [0, 0.05) is 6.07 Å². The maximum atomic E-state index is 9.62. The molecule has 0 radical (unpaired) electrons. The molecule has 0 saturated carbocycles. The van der Waals surface area contributed by atoms with E-state index in [4.69, 9.17) is 44.6 Å². The van der Waals surface area contributed by atoms with Gasteiger partial charge in [0.1, 0.15) is 11.5 Å². The van der Waals surface area contributed by atoms with Crippen LogP contribution in [0.25, 0.3) is 0 Å². The molecule has 1 aromatic carbocycles. The molecular weight excluding hydrogens is 250 g/mol. The van der Waals surface area contributed by atoms with Gasteiger partial charge in [-0.05, 0) is 12.1 Å². The Kier molecular flexibility index (Phi) is 3.48. The van der Waals surface area contributed by atoms with E-state index < -0.39 is 9.76 Å². The van der Waals surface area contributed by atoms with Gasteiger partial charge in [0.2, 0.25) is 0 Å². The van der Waals surface area contributed by atoms with E-state index >= 15 is 0 Å². The molecular formula is C8H5Cl3O3. The molecule has 2 bridgehead atoms. The van der Waals surface area contributed by atoms with E-state index in [0.29, 0.717) is 0 Å². The van der Waals surface area contributed by atoms with Crippen LogP contribution in [0, 0.1) is 0 Å². The van der Waals surface area contributed by atoms with Crippen LogP contribution in [0.3, 0.4) is 0 Å². The molecule has 2 aliphatic rings. The molecule has 0 aromatic heterocycles. The monoisotopic (exact) mass is 254 g/mol. The highest BCUT2D eigenvalue weighted by Gasteiger charge is 2.29. The summed E-state index contributed by atoms with van der Waals surface area (Å²) in [5.74, 6) is 0.507. The largest absolute Gasteiger partial charge is 0.478 e. The zero-order valence-electron chi connectivity index (χ0n) is 6.71. The summed E-state index contributed by atoms with van der Waals surface area (Å²) in [6.07, 6.45) is 0. The van der Waals surface area contributed by atoms with E-state index in [9.17, 15) is 4.79 Å². The SMILES string of the molecule is O=C(O)C(Cl)(Cl)Cl.c1cc2cc(c1)O2. The number of carboxylic acid groups (broad SMARTS) is 1. The number of hydrogen-bond donors (Lipinski definition) is 1. The maximum Gasteiger partial charge on any atom is 0.356 e. The van der Waals surface area contributed by atoms with Gasteiger partial charge in [-0.2, -0.15) is 0 Å². The van der Waals surface area contributed by atoms with Crippen LogP contribution < -0.4 is 4.74 Å². The van der Waals surface area contributed by atoms with Crippen LogP contribution in [-0.2, 0) is 4.79 Å². The van der Waals surface area contributed by atoms with Gasteiger partial charge in [-0.25, -0.2) is 4.79 Å². The quantitative estimate of drug-likeness (QED) is 0.735. The maximum absolute atomic E-state index is 9.62. The molecule has 0 amide bonds. The van der Waals surface area contributed by atoms with Gasteiger partial charge in [0.15, 0.2) is 0 Å². The van der Waals surface area contributed by atoms with E-state index in [1.165, 1.54) is 0 Å². The Labute approximate surface area is 95.1 Å². The summed E-state index contributed by atoms with van der Waals surface area (Å²) in [6.45, 7) is 0. The number of rotatable bonds is 0. The average molecular weight is 255 g/mol. The van der Waals surface area contributed by atoms with E-state index in [0.717, 1.165) is 11.5 Å². The summed E-state index contributed by atoms with van der Waals surface area (Å²) in [5.41, 5.74) is 0. The molecule has 76 valence electrons. The van der Waals surface area contributed by atoms with Gasteiger partial charge in [-0.15, -0.1) is 0 Å². The number of benzene rings is 1. The standard InChI is InChI=1S/C6H4O.C2HCl3O2/c1-2-5-4-6(3-1)7-5;3-2(4,5)1(6)7/h1-4H;(H,6,7). The number of carboxylic acids is 1. The topological polar surface area (TPSA) is 46.5 Å². The Morgan fingerprint density at radius 2 is 1.64 bits per heavy atom. The minimum atomic E-state index is -2.17. The normalized spacial score (nSPS) is 11.6. The van der Waals surface area contributed by atoms with Crippen LogP contribution in [0.15, 0.2) is 24.3 Å². The Balaban J connectivity index is 0.000000140. The first-order valence-electron chi connectivity index (χ1n) is 3.47. The highest BCUT2D eigenvalue weighted by atomic mass is 35.6. The lowest BCUT2D eigenvalue weighted by atomic mass is 10.2. The summed E-state index contributed by atoms with van der Waals surface area (Å²) in [4.78, 5) is 9.62. The van der Waals surface area contributed by atoms with Crippen molar-refractivity contribution < 1.29 is 14.6 Å². The van der Waals surface area contributed by atoms with Crippen LogP contribution in [0.5, 0.6) is 11.5 Å². The fourth-order valence-corrected chi connectivity index (χ4v) is 0.679. The zero-order valence-corrected chi connectivity index (χ0v) is 8.97. The third-order valence-corrected chi connectivity index (χ3v) is 1.77. The number of ether oxygens (including phenoxy) is 1. The second-order valence-electron chi connectivity index (χ2n) is 2.38. The third kappa shape index (κ3) is 3.25. The van der Waals surface area contributed by atoms with Gasteiger partial charge in [0.25, 0.3) is 3.79 Å². The van der Waals surface area contributed by atoms with Crippen molar-refractivity contribution in [1.82, 2.24) is 0 Å². The molecule has 3 rings (SSSR count). The summed E-state index contributed by atoms with van der Waals surface area (Å²) in [7, 11) is 0. The molecule has 0 atom stereocenters. The number of halogens is 3. The number of hydrogen-bond acceptors (Lipinski definition) is 2. The minimum Gasteiger partial charge on any atom is -0.478 e. The van der Waals surface area contributed by atoms with Crippen molar-refractivity contribution in [1.29, 1.82) is 0 Å². The minimum absolute atomic E-state index is 0.984. The molecule has 0 spiro atoms. The molecule has 1 N–H and O–H groups in total. The Hall–Kier alpha value is -0.640. The molecule has 0 unspecified atom stereocenters. The van der Waals surface area contributed by atoms with Gasteiger partial charge < -0.3 is 9.84 Å². The molecule has 3 nitrogen and oxygen atoms in total. The first-order valence-corrected chi connectivity index (χ1v) is 4.61. The lowest BCUT2D eigenvalue weighted by molar-refractivity contribution is -0.135. The average Bonchev–Trinajstić information content (AvgIpc) is 2.03. The molecule has 6 heteroatoms. The number of fused-ring (bicyclic) bond motifs is 2. The predicted molar refractivity (Wildman–Crippen MR) is 54.4 cm³/mol. The molecule has 2 aliphatic heterocycles. The fraction of sp³-hybridized carbons (Fsp3) is 0.125. The van der Waals surface area contributed by atoms with Crippen LogP contribution in [-0.4, -0.2) is 14.9 Å². The van der Waals surface area contributed by atoms with Gasteiger partial charge in [-0.1, -0.05) is 40.9 Å². The van der Waals surface area contributed by atoms with E-state index in [2.05, 4.69) is 0 Å². The van der Waals surface area contributed by atoms with Crippen LogP contribution in [0.2, 0.25) is 0 Å². The Morgan fingerprint density at radius 3 is 1.71 bits per heavy atom. The lowest BCUT2D eigenvalue weighted by Crippen LogP contribution is -2.16. The second kappa shape index (κ2) is 4.26. The van der Waals surface area contributed by atoms with Crippen LogP contribution in [0.4, 0.5) is 0 Å². The number of aliphatic carboxylic acids is 1. The first kappa shape index (κ1) is 11.4. The van der Waals surface area contributed by atoms with Crippen molar-refractivity contribution >= 4 is 40.8 Å². The predicted octanol–water partition coefficient (Wildman–Crippen LogP) is 3.23. The van der Waals surface area contributed by atoms with E-state index in [-0.39, 0.29) is 0 Å². The fourth-order valence-electron chi connectivity index (χ4n) is 0.679. The van der Waals surface area contributed by atoms with Crippen molar-refractivity contribution in [2.24, 2.45) is 0 Å². The highest BCUT2D eigenvalue weighted by Crippen LogP contribution is 2.32. The first-order chi connectivity index (χ1) is 6.39. The van der Waals surface area contributed by atoms with Gasteiger partial charge >= 0.3 is 5.97 Å². The highest BCUT2D eigenvalue weighted by molar-refractivity contribution is 6.75. The summed E-state index contributed by atoms with van der Waals surface area (Å²) in [5, 5.41) is 7.85. The molecule has 14 heavy (non-hydrogen) atoms.